The fraction of sp³-hybridized carbons (Fsp3) is 0.579. The van der Waals surface area contributed by atoms with Crippen molar-refractivity contribution >= 4 is 23.6 Å². The standard InChI is InChI=1S/C19H24F3N3O2S/c20-19(21,22)14-3-1-2-13(10-14)18(27)23-11-17(26)24-15-4-7-25(12-15)16-5-8-28-9-6-16/h1-3,10,15-16H,4-9,11-12H2,(H,23,27)(H,24,26)/t15-/m1/s1. The van der Waals surface area contributed by atoms with Gasteiger partial charge < -0.3 is 10.6 Å². The van der Waals surface area contributed by atoms with Gasteiger partial charge in [0.25, 0.3) is 5.91 Å². The van der Waals surface area contributed by atoms with Crippen molar-refractivity contribution in [3.8, 4) is 0 Å². The lowest BCUT2D eigenvalue weighted by molar-refractivity contribution is -0.137. The third-order valence-corrected chi connectivity index (χ3v) is 6.20. The van der Waals surface area contributed by atoms with E-state index in [2.05, 4.69) is 15.5 Å². The van der Waals surface area contributed by atoms with Crippen LogP contribution in [0, 0.1) is 0 Å². The molecule has 0 saturated carbocycles. The number of nitrogens with zero attached hydrogens (tertiary/aromatic N) is 1. The topological polar surface area (TPSA) is 61.4 Å². The molecule has 0 spiro atoms. The summed E-state index contributed by atoms with van der Waals surface area (Å²) in [6.45, 7) is 1.51. The molecule has 5 nitrogen and oxygen atoms in total. The van der Waals surface area contributed by atoms with Gasteiger partial charge in [0.05, 0.1) is 12.1 Å². The second-order valence-corrected chi connectivity index (χ2v) is 8.38. The van der Waals surface area contributed by atoms with Crippen molar-refractivity contribution in [1.29, 1.82) is 0 Å². The number of nitrogens with one attached hydrogen (secondary N) is 2. The first kappa shape index (κ1) is 21.0. The number of likely N-dealkylation sites (tertiary alicyclic amines) is 1. The maximum atomic E-state index is 12.7. The first-order valence-electron chi connectivity index (χ1n) is 9.39. The van der Waals surface area contributed by atoms with E-state index in [1.165, 1.54) is 36.5 Å². The van der Waals surface area contributed by atoms with Crippen LogP contribution in [0.2, 0.25) is 0 Å². The van der Waals surface area contributed by atoms with E-state index in [4.69, 9.17) is 0 Å². The van der Waals surface area contributed by atoms with Crippen LogP contribution in [0.5, 0.6) is 0 Å². The number of alkyl halides is 3. The zero-order valence-electron chi connectivity index (χ0n) is 15.4. The van der Waals surface area contributed by atoms with Gasteiger partial charge in [-0.05, 0) is 49.0 Å². The second-order valence-electron chi connectivity index (χ2n) is 7.15. The summed E-state index contributed by atoms with van der Waals surface area (Å²) in [6.07, 6.45) is -1.28. The van der Waals surface area contributed by atoms with Crippen molar-refractivity contribution < 1.29 is 22.8 Å². The summed E-state index contributed by atoms with van der Waals surface area (Å²) in [6, 6.07) is 4.79. The van der Waals surface area contributed by atoms with E-state index in [1.54, 1.807) is 0 Å². The summed E-state index contributed by atoms with van der Waals surface area (Å²) in [5, 5.41) is 5.30. The minimum Gasteiger partial charge on any atom is -0.350 e. The van der Waals surface area contributed by atoms with Crippen LogP contribution < -0.4 is 10.6 Å². The smallest absolute Gasteiger partial charge is 0.350 e. The van der Waals surface area contributed by atoms with Crippen LogP contribution in [-0.4, -0.2) is 59.9 Å². The molecule has 2 saturated heterocycles. The fourth-order valence-electron chi connectivity index (χ4n) is 3.67. The average molecular weight is 415 g/mol. The van der Waals surface area contributed by atoms with Crippen LogP contribution in [-0.2, 0) is 11.0 Å². The van der Waals surface area contributed by atoms with Crippen molar-refractivity contribution in [3.63, 3.8) is 0 Å². The van der Waals surface area contributed by atoms with Gasteiger partial charge in [0.1, 0.15) is 0 Å². The molecule has 0 unspecified atom stereocenters. The number of thioether (sulfide) groups is 1. The Morgan fingerprint density at radius 2 is 1.93 bits per heavy atom. The van der Waals surface area contributed by atoms with Gasteiger partial charge in [-0.2, -0.15) is 24.9 Å². The maximum Gasteiger partial charge on any atom is 0.416 e. The normalized spacial score (nSPS) is 21.5. The lowest BCUT2D eigenvalue weighted by atomic mass is 10.1. The number of hydrogen-bond donors (Lipinski definition) is 2. The van der Waals surface area contributed by atoms with Crippen LogP contribution in [0.25, 0.3) is 0 Å². The lowest BCUT2D eigenvalue weighted by Gasteiger charge is -2.30. The molecule has 154 valence electrons. The number of rotatable bonds is 5. The molecule has 2 amide bonds. The molecule has 2 aliphatic heterocycles. The maximum absolute atomic E-state index is 12.7. The van der Waals surface area contributed by atoms with Crippen LogP contribution in [0.1, 0.15) is 35.2 Å². The third kappa shape index (κ3) is 5.64. The highest BCUT2D eigenvalue weighted by molar-refractivity contribution is 7.99. The summed E-state index contributed by atoms with van der Waals surface area (Å²) in [5.74, 6) is 1.33. The fourth-order valence-corrected chi connectivity index (χ4v) is 4.75. The van der Waals surface area contributed by atoms with E-state index in [0.29, 0.717) is 6.04 Å². The number of hydrogen-bond acceptors (Lipinski definition) is 4. The molecule has 2 N–H and O–H groups in total. The molecule has 0 aliphatic carbocycles. The molecule has 2 fully saturated rings. The van der Waals surface area contributed by atoms with Crippen molar-refractivity contribution in [2.45, 2.75) is 37.5 Å². The number of benzene rings is 1. The first-order valence-corrected chi connectivity index (χ1v) is 10.5. The van der Waals surface area contributed by atoms with Crippen molar-refractivity contribution in [2.24, 2.45) is 0 Å². The Morgan fingerprint density at radius 1 is 1.18 bits per heavy atom. The third-order valence-electron chi connectivity index (χ3n) is 5.15. The largest absolute Gasteiger partial charge is 0.416 e. The SMILES string of the molecule is O=C(CNC(=O)c1cccc(C(F)(F)F)c1)N[C@@H]1CCN(C2CCSCC2)C1. The molecule has 1 aromatic rings. The number of halogens is 3. The van der Waals surface area contributed by atoms with E-state index in [-0.39, 0.29) is 24.1 Å². The van der Waals surface area contributed by atoms with Crippen molar-refractivity contribution in [3.05, 3.63) is 35.4 Å². The molecule has 9 heteroatoms. The van der Waals surface area contributed by atoms with Gasteiger partial charge in [-0.15, -0.1) is 0 Å². The Kier molecular flexibility index (Phi) is 6.87. The van der Waals surface area contributed by atoms with E-state index in [0.717, 1.165) is 31.6 Å². The van der Waals surface area contributed by atoms with Gasteiger partial charge in [0.15, 0.2) is 0 Å². The minimum absolute atomic E-state index is 0.0486. The molecule has 1 aromatic carbocycles. The predicted molar refractivity (Wildman–Crippen MR) is 102 cm³/mol. The summed E-state index contributed by atoms with van der Waals surface area (Å²) in [4.78, 5) is 26.6. The van der Waals surface area contributed by atoms with Crippen LogP contribution in [0.15, 0.2) is 24.3 Å². The Morgan fingerprint density at radius 3 is 2.64 bits per heavy atom. The highest BCUT2D eigenvalue weighted by atomic mass is 32.2. The zero-order chi connectivity index (χ0) is 20.1. The summed E-state index contributed by atoms with van der Waals surface area (Å²) >= 11 is 1.98. The Hall–Kier alpha value is -1.74. The van der Waals surface area contributed by atoms with Gasteiger partial charge in [-0.25, -0.2) is 0 Å². The van der Waals surface area contributed by atoms with Crippen LogP contribution in [0.4, 0.5) is 13.2 Å². The minimum atomic E-state index is -4.51. The van der Waals surface area contributed by atoms with Crippen LogP contribution in [0.3, 0.4) is 0 Å². The van der Waals surface area contributed by atoms with E-state index < -0.39 is 17.6 Å². The van der Waals surface area contributed by atoms with Crippen molar-refractivity contribution in [1.82, 2.24) is 15.5 Å². The number of carbonyl (C=O) groups excluding carboxylic acids is 2. The predicted octanol–water partition coefficient (Wildman–Crippen LogP) is 2.52. The zero-order valence-corrected chi connectivity index (χ0v) is 16.2. The molecule has 0 radical (unpaired) electrons. The van der Waals surface area contributed by atoms with E-state index in [1.807, 2.05) is 11.8 Å². The summed E-state index contributed by atoms with van der Waals surface area (Å²) in [5.41, 5.74) is -1.01. The van der Waals surface area contributed by atoms with Gasteiger partial charge >= 0.3 is 6.18 Å². The van der Waals surface area contributed by atoms with Gasteiger partial charge in [-0.3, -0.25) is 14.5 Å². The monoisotopic (exact) mass is 415 g/mol. The first-order chi connectivity index (χ1) is 13.3. The molecule has 2 aliphatic rings. The van der Waals surface area contributed by atoms with Gasteiger partial charge in [0.2, 0.25) is 5.91 Å². The average Bonchev–Trinajstić information content (AvgIpc) is 3.14. The molecular weight excluding hydrogens is 391 g/mol. The van der Waals surface area contributed by atoms with E-state index in [9.17, 15) is 22.8 Å². The van der Waals surface area contributed by atoms with Crippen LogP contribution >= 0.6 is 11.8 Å². The van der Waals surface area contributed by atoms with Gasteiger partial charge in [-0.1, -0.05) is 6.07 Å². The molecule has 28 heavy (non-hydrogen) atoms. The molecule has 1 atom stereocenters. The molecule has 0 bridgehead atoms. The van der Waals surface area contributed by atoms with E-state index >= 15 is 0 Å². The highest BCUT2D eigenvalue weighted by Crippen LogP contribution is 2.29. The Balaban J connectivity index is 1.44. The molecule has 2 heterocycles. The lowest BCUT2D eigenvalue weighted by Crippen LogP contribution is -2.44. The summed E-state index contributed by atoms with van der Waals surface area (Å²) in [7, 11) is 0. The Bertz CT molecular complexity index is 708. The second kappa shape index (κ2) is 9.17. The molecular formula is C19H24F3N3O2S. The van der Waals surface area contributed by atoms with Gasteiger partial charge in [0, 0.05) is 30.7 Å². The summed E-state index contributed by atoms with van der Waals surface area (Å²) < 4.78 is 38.2. The Labute approximate surface area is 166 Å². The highest BCUT2D eigenvalue weighted by Gasteiger charge is 2.31. The van der Waals surface area contributed by atoms with Crippen molar-refractivity contribution in [2.75, 3.05) is 31.1 Å². The number of carbonyl (C=O) groups is 2. The number of amides is 2. The molecule has 3 rings (SSSR count). The quantitative estimate of drug-likeness (QED) is 0.776. The molecule has 0 aromatic heterocycles.